The second kappa shape index (κ2) is 45.9. The van der Waals surface area contributed by atoms with E-state index < -0.39 is 0 Å². The van der Waals surface area contributed by atoms with Gasteiger partial charge in [0.1, 0.15) is 40.7 Å². The van der Waals surface area contributed by atoms with E-state index in [2.05, 4.69) is 272 Å². The minimum Gasteiger partial charge on any atom is -0.619 e. The Morgan fingerprint density at radius 1 is 0.371 bits per heavy atom. The number of benzene rings is 3. The van der Waals surface area contributed by atoms with E-state index in [4.69, 9.17) is 15.0 Å². The van der Waals surface area contributed by atoms with E-state index in [1.54, 1.807) is 132 Å². The molecular weight excluding hydrogens is 2060 g/mol. The fourth-order valence-electron chi connectivity index (χ4n) is 15.2. The third-order valence-corrected chi connectivity index (χ3v) is 25.4. The third-order valence-electron chi connectivity index (χ3n) is 23.1. The summed E-state index contributed by atoms with van der Waals surface area (Å²) in [5, 5.41) is 67.7. The first-order valence-corrected chi connectivity index (χ1v) is 49.7. The number of hydrogen-bond donors (Lipinski definition) is 7. The zero-order valence-electron chi connectivity index (χ0n) is 79.8. The van der Waals surface area contributed by atoms with Crippen molar-refractivity contribution < 1.29 is 19.1 Å². The van der Waals surface area contributed by atoms with Crippen molar-refractivity contribution in [1.29, 1.82) is 0 Å². The van der Waals surface area contributed by atoms with Crippen LogP contribution in [0.2, 0.25) is 0 Å². The lowest BCUT2D eigenvalue weighted by molar-refractivity contribution is -0.904. The summed E-state index contributed by atoms with van der Waals surface area (Å²) >= 11 is 13.9. The van der Waals surface area contributed by atoms with Crippen molar-refractivity contribution in [3.8, 4) is 33.8 Å². The molecule has 0 radical (unpaired) electrons. The number of anilines is 6. The van der Waals surface area contributed by atoms with Crippen LogP contribution < -0.4 is 41.4 Å². The Morgan fingerprint density at radius 3 is 1.20 bits per heavy atom. The molecule has 0 amide bonds. The molecule has 3 aromatic carbocycles. The van der Waals surface area contributed by atoms with Crippen molar-refractivity contribution in [1.82, 2.24) is 108 Å². The van der Waals surface area contributed by atoms with Crippen LogP contribution in [0.25, 0.3) is 67.7 Å². The Morgan fingerprint density at radius 2 is 0.755 bits per heavy atom. The van der Waals surface area contributed by atoms with Gasteiger partial charge in [0.05, 0.1) is 77.8 Å². The normalized spacial score (nSPS) is 11.8. The molecule has 32 nitrogen and oxygen atoms in total. The Hall–Kier alpha value is -15.5. The van der Waals surface area contributed by atoms with Gasteiger partial charge in [-0.2, -0.15) is 62.4 Å². The van der Waals surface area contributed by atoms with Crippen molar-refractivity contribution in [3.05, 3.63) is 396 Å². The van der Waals surface area contributed by atoms with Crippen LogP contribution in [0.15, 0.2) is 324 Å². The summed E-state index contributed by atoms with van der Waals surface area (Å²) in [5.41, 5.74) is 21.8. The summed E-state index contributed by atoms with van der Waals surface area (Å²) in [6, 6.07) is 62.3. The average molecular weight is 2170 g/mol. The highest BCUT2D eigenvalue weighted by atomic mass is 79.9. The second-order valence-corrected chi connectivity index (χ2v) is 39.2. The van der Waals surface area contributed by atoms with Gasteiger partial charge in [-0.25, -0.2) is 34.3 Å². The molecule has 18 heterocycles. The van der Waals surface area contributed by atoms with E-state index in [0.29, 0.717) is 85.7 Å². The Balaban J connectivity index is 0.000000118. The van der Waals surface area contributed by atoms with Crippen molar-refractivity contribution in [3.63, 3.8) is 0 Å². The van der Waals surface area contributed by atoms with Crippen LogP contribution in [0.5, 0.6) is 0 Å². The molecule has 0 saturated heterocycles. The maximum Gasteiger partial charge on any atom is 0.222 e. The lowest BCUT2D eigenvalue weighted by atomic mass is 9.92. The van der Waals surface area contributed by atoms with Gasteiger partial charge in [-0.3, -0.25) is 25.1 Å². The summed E-state index contributed by atoms with van der Waals surface area (Å²) in [7, 11) is 0. The van der Waals surface area contributed by atoms with Gasteiger partial charge in [-0.1, -0.05) is 147 Å². The Labute approximate surface area is 858 Å². The zero-order valence-corrected chi connectivity index (χ0v) is 86.2. The first-order chi connectivity index (χ1) is 69.4. The molecule has 21 aromatic rings. The fraction of sp³-hybridized carbons (Fsp3) is 0.208. The van der Waals surface area contributed by atoms with Crippen molar-refractivity contribution in [2.75, 3.05) is 31.9 Å². The lowest BCUT2D eigenvalue weighted by Gasteiger charge is -2.19. The van der Waals surface area contributed by atoms with Crippen molar-refractivity contribution >= 4 is 133 Å². The topological polar surface area (TPSA) is 356 Å². The quantitative estimate of drug-likeness (QED) is 0.0159. The van der Waals surface area contributed by atoms with E-state index in [-0.39, 0.29) is 11.2 Å². The van der Waals surface area contributed by atoms with Gasteiger partial charge in [0.2, 0.25) is 12.4 Å². The monoisotopic (exact) mass is 2160 g/mol. The minimum absolute atomic E-state index is 0.0292. The number of pyridine rings is 6. The fourth-order valence-corrected chi connectivity index (χ4v) is 16.6. The van der Waals surface area contributed by atoms with Gasteiger partial charge in [0.15, 0.2) is 46.3 Å². The summed E-state index contributed by atoms with van der Waals surface area (Å²) in [5.74, 6) is 6.57. The maximum atomic E-state index is 14.2. The molecule has 22 rings (SSSR count). The predicted molar refractivity (Wildman–Crippen MR) is 568 cm³/mol. The number of hydrogen-bond acceptors (Lipinski definition) is 24. The van der Waals surface area contributed by atoms with Gasteiger partial charge in [0.25, 0.3) is 0 Å². The van der Waals surface area contributed by atoms with E-state index >= 15 is 0 Å². The third kappa shape index (κ3) is 24.9. The minimum atomic E-state index is -0.332. The molecule has 1 aliphatic rings. The van der Waals surface area contributed by atoms with E-state index in [9.17, 15) is 14.8 Å². The molecular formula is C106H104Br4FN30O2+. The molecule has 724 valence electrons. The molecule has 0 unspecified atom stereocenters. The number of nitrogens with one attached hydrogen (secondary N) is 6. The van der Waals surface area contributed by atoms with E-state index in [0.717, 1.165) is 152 Å². The smallest absolute Gasteiger partial charge is 0.222 e. The van der Waals surface area contributed by atoms with Crippen LogP contribution in [-0.2, 0) is 44.7 Å². The molecule has 1 fully saturated rings. The van der Waals surface area contributed by atoms with Crippen LogP contribution in [0.4, 0.5) is 39.3 Å². The summed E-state index contributed by atoms with van der Waals surface area (Å²) in [6.45, 7) is 23.1. The Bertz CT molecular complexity index is 7700. The van der Waals surface area contributed by atoms with Gasteiger partial charge in [-0.05, 0) is 183 Å². The highest BCUT2D eigenvalue weighted by Gasteiger charge is 2.29. The number of halogens is 5. The average Bonchev–Trinajstić information content (AvgIpc) is 1.61. The molecule has 0 spiro atoms. The van der Waals surface area contributed by atoms with Gasteiger partial charge in [-0.15, -0.1) is 0 Å². The Kier molecular flexibility index (Phi) is 31.8. The number of aromatic nitrogens is 24. The van der Waals surface area contributed by atoms with Crippen LogP contribution in [0.1, 0.15) is 160 Å². The van der Waals surface area contributed by atoms with Crippen LogP contribution in [0.3, 0.4) is 0 Å². The molecule has 37 heteroatoms. The standard InChI is InChI=1S/C21H19N5.C21H21N5.C18H14BrFN5O.C16H18BrN5.C15H16BrN5O.C15H16BrN5/c1-2-6-17(7-3-1)19-11-20(23-13-15-5-4-10-22-12-15)26-21(25-19)18(14-24-26)16-8-9-16;1-15(2)18-14-24-26-20(23-13-16-8-10-22-11-9-16)12-19(25-21(18)26)17-6-4-3-5-7-17;19-14-11-22-25-17(21-10-12-5-7-24(26)8-6-12)9-16(23-18(14)25)13-3-1-2-4-15(13)20;1-16(2,3)13-8-14(19-9-11-4-6-18-7-5-11)22-15(21-13)12(17)10-20-22;1-10(2)13-6-14(21-15(19-13)12(16)8-18-21)17-7-11-4-3-5-20(22)9-11;1-10(2)13-6-14(18-8-11-4-3-5-17-7-11)21-15(20-13)12(16)9-19-21/h1-7,10-12,14,16,23H,8-9,13H2;3-12,14-15,23H,13H2,1-2H3;1-9,11,21,26H,10H2;4-8,10,19H,9H2,1-3H3;3-6,8-10,17H,7H2,1-2H3;3-7,9-10,18H,8H2,1-2H3/q;;+1;;;. The summed E-state index contributed by atoms with van der Waals surface area (Å²) in [4.78, 5) is 44.8. The first kappa shape index (κ1) is 99.1. The SMILES string of the molecule is CC(C)(C)c1cc(NCc2ccncc2)n2ncc(Br)c2n1.CC(C)c1cc(NCc2ccc[n+]([O-])c2)n2ncc(Br)c2n1.CC(C)c1cc(NCc2cccnc2)n2ncc(Br)c2n1.CC(C)c1cnn2c(NCc3ccncc3)cc(-c3ccccc3)nc12.O[n+]1ccc(CNc2cc(-c3ccccc3F)nc3c(Br)cnn23)cc1.c1ccc(-c2cc(NCc3cccnc3)n3ncc(C4CC4)c3n2)cc1. The molecule has 0 atom stereocenters. The summed E-state index contributed by atoms with van der Waals surface area (Å²) in [6.07, 6.45) is 33.9. The van der Waals surface area contributed by atoms with Gasteiger partial charge >= 0.3 is 0 Å². The molecule has 0 aliphatic heterocycles. The molecule has 1 saturated carbocycles. The van der Waals surface area contributed by atoms with E-state index in [1.807, 2.05) is 140 Å². The van der Waals surface area contributed by atoms with Gasteiger partial charge in [0, 0.05) is 198 Å². The highest BCUT2D eigenvalue weighted by molar-refractivity contribution is 9.11. The number of fused-ring (bicyclic) bond motifs is 6. The molecule has 143 heavy (non-hydrogen) atoms. The molecule has 18 aromatic heterocycles. The van der Waals surface area contributed by atoms with Crippen LogP contribution in [-0.4, -0.2) is 113 Å². The second-order valence-electron chi connectivity index (χ2n) is 35.7. The highest BCUT2D eigenvalue weighted by Crippen LogP contribution is 2.43. The van der Waals surface area contributed by atoms with Crippen LogP contribution in [0, 0.1) is 11.0 Å². The zero-order chi connectivity index (χ0) is 99.6. The molecule has 1 aliphatic carbocycles. The molecule has 0 bridgehead atoms. The maximum absolute atomic E-state index is 14.2. The predicted octanol–water partition coefficient (Wildman–Crippen LogP) is 22.5. The first-order valence-electron chi connectivity index (χ1n) is 46.5. The van der Waals surface area contributed by atoms with Crippen molar-refractivity contribution in [2.24, 2.45) is 0 Å². The van der Waals surface area contributed by atoms with Gasteiger partial charge < -0.3 is 37.1 Å². The van der Waals surface area contributed by atoms with Crippen molar-refractivity contribution in [2.45, 2.75) is 144 Å². The summed E-state index contributed by atoms with van der Waals surface area (Å²) < 4.78 is 30.2. The van der Waals surface area contributed by atoms with E-state index in [1.165, 1.54) is 41.8 Å². The molecule has 7 N–H and O–H groups in total. The van der Waals surface area contributed by atoms with Crippen LogP contribution >= 0.6 is 63.7 Å². The lowest BCUT2D eigenvalue weighted by Crippen LogP contribution is -2.28. The number of rotatable bonds is 25. The number of nitrogens with zero attached hydrogens (tertiary/aromatic N) is 24. The largest absolute Gasteiger partial charge is 0.619 e.